The fourth-order valence-corrected chi connectivity index (χ4v) is 5.85. The lowest BCUT2D eigenvalue weighted by Crippen LogP contribution is -1.91. The number of nitrogens with zero attached hydrogens (tertiary/aromatic N) is 1. The molecular weight excluding hydrogens is 639 g/mol. The first-order chi connectivity index (χ1) is 22.4. The van der Waals surface area contributed by atoms with Crippen LogP contribution in [0, 0.1) is 10.3 Å². The van der Waals surface area contributed by atoms with Crippen LogP contribution < -0.4 is 18.1 Å². The van der Waals surface area contributed by atoms with Crippen LogP contribution in [-0.2, 0) is 4.52 Å². The zero-order valence-corrected chi connectivity index (χ0v) is 29.2. The largest absolute Gasteiger partial charge is 0.678 e. The van der Waals surface area contributed by atoms with Crippen LogP contribution in [0.2, 0.25) is 0 Å². The SMILES string of the molecule is C=C/C=C(\C=C)O/[P+](=N/P(=N)(O)Oc1ccccc1)Oc1ccccc1.CC.CC.N=[P+](Oc1ccccc1)Oc1ccccc1. The van der Waals surface area contributed by atoms with E-state index in [4.69, 9.17) is 32.9 Å². The van der Waals surface area contributed by atoms with Crippen molar-refractivity contribution < 1.29 is 27.5 Å². The molecule has 4 aromatic rings. The van der Waals surface area contributed by atoms with Gasteiger partial charge in [0.2, 0.25) is 0 Å². The van der Waals surface area contributed by atoms with E-state index in [2.05, 4.69) is 17.7 Å². The van der Waals surface area contributed by atoms with Gasteiger partial charge in [0.25, 0.3) is 0 Å². The maximum absolute atomic E-state index is 10.3. The number of benzene rings is 4. The van der Waals surface area contributed by atoms with Crippen molar-refractivity contribution >= 4 is 24.0 Å². The van der Waals surface area contributed by atoms with Gasteiger partial charge in [-0.05, 0) is 65.8 Å². The number of rotatable bonds is 13. The third kappa shape index (κ3) is 17.1. The van der Waals surface area contributed by atoms with Gasteiger partial charge in [-0.2, -0.15) is 0 Å². The predicted molar refractivity (Wildman–Crippen MR) is 191 cm³/mol. The van der Waals surface area contributed by atoms with Crippen LogP contribution in [0.1, 0.15) is 27.7 Å². The Labute approximate surface area is 275 Å². The quantitative estimate of drug-likeness (QED) is 0.0732. The Kier molecular flexibility index (Phi) is 20.5. The van der Waals surface area contributed by atoms with Crippen LogP contribution in [0.5, 0.6) is 23.0 Å². The Morgan fingerprint density at radius 1 is 0.674 bits per heavy atom. The molecule has 0 aliphatic heterocycles. The molecule has 0 saturated carbocycles. The number of hydrogen-bond acceptors (Lipinski definition) is 7. The summed E-state index contributed by atoms with van der Waals surface area (Å²) in [5, 5.41) is 15.7. The zero-order chi connectivity index (χ0) is 34.0. The van der Waals surface area contributed by atoms with Gasteiger partial charge in [-0.1, -0.05) is 120 Å². The van der Waals surface area contributed by atoms with Crippen molar-refractivity contribution in [1.82, 2.24) is 0 Å². The molecule has 3 N–H and O–H groups in total. The third-order valence-electron chi connectivity index (χ3n) is 4.63. The molecule has 0 fully saturated rings. The molecule has 0 radical (unpaired) electrons. The highest BCUT2D eigenvalue weighted by Crippen LogP contribution is 2.52. The van der Waals surface area contributed by atoms with E-state index in [1.807, 2.05) is 70.2 Å². The van der Waals surface area contributed by atoms with Crippen LogP contribution in [-0.4, -0.2) is 4.89 Å². The normalized spacial score (nSPS) is 11.5. The standard InChI is InChI=1S/C18H19N2O4P2.C12H11NO2P.2C2H6/c1-3-11-16(4-2)22-25(23-17-12-7-5-8-13-17)20-26(19,21)24-18-14-9-6-10-15-18;13-16(14-11-7-3-1-4-8-11)15-12-9-5-2-6-10-12;2*1-2/h3-15H,1-2H2,(H2,19,21);1-10,13H;2*1-2H3/q2*+1;;/b16-11+;;;. The summed E-state index contributed by atoms with van der Waals surface area (Å²) in [6.45, 7) is 15.2. The predicted octanol–water partition coefficient (Wildman–Crippen LogP) is 12.7. The first-order valence-corrected chi connectivity index (χ1v) is 18.3. The van der Waals surface area contributed by atoms with Crippen molar-refractivity contribution in [3.63, 3.8) is 0 Å². The summed E-state index contributed by atoms with van der Waals surface area (Å²) in [6, 6.07) is 35.9. The summed E-state index contributed by atoms with van der Waals surface area (Å²) >= 11 is 0. The molecule has 242 valence electrons. The minimum Gasteiger partial charge on any atom is -0.420 e. The first-order valence-electron chi connectivity index (χ1n) is 14.4. The van der Waals surface area contributed by atoms with Crippen molar-refractivity contribution in [3.05, 3.63) is 158 Å². The molecule has 0 spiro atoms. The minimum atomic E-state index is -3.88. The molecule has 46 heavy (non-hydrogen) atoms. The number of allylic oxidation sites excluding steroid dienone is 3. The molecule has 0 saturated heterocycles. The van der Waals surface area contributed by atoms with Crippen molar-refractivity contribution in [3.8, 4) is 23.0 Å². The highest BCUT2D eigenvalue weighted by atomic mass is 31.2. The van der Waals surface area contributed by atoms with E-state index in [0.29, 0.717) is 28.8 Å². The van der Waals surface area contributed by atoms with Crippen molar-refractivity contribution in [2.75, 3.05) is 0 Å². The van der Waals surface area contributed by atoms with E-state index in [1.54, 1.807) is 84.9 Å². The number of nitrogens with one attached hydrogen (secondary N) is 2. The summed E-state index contributed by atoms with van der Waals surface area (Å²) in [5.41, 5.74) is 0. The molecule has 0 heterocycles. The maximum atomic E-state index is 10.3. The lowest BCUT2D eigenvalue weighted by Gasteiger charge is -2.08. The molecule has 0 bridgehead atoms. The molecule has 0 amide bonds. The van der Waals surface area contributed by atoms with E-state index < -0.39 is 24.0 Å². The molecule has 0 aromatic heterocycles. The van der Waals surface area contributed by atoms with E-state index in [9.17, 15) is 4.89 Å². The summed E-state index contributed by atoms with van der Waals surface area (Å²) in [7, 11) is -7.61. The lowest BCUT2D eigenvalue weighted by molar-refractivity contribution is 0.425. The van der Waals surface area contributed by atoms with E-state index >= 15 is 0 Å². The summed E-state index contributed by atoms with van der Waals surface area (Å²) < 4.78 is 31.3. The van der Waals surface area contributed by atoms with Gasteiger partial charge in [0.15, 0.2) is 23.0 Å². The first kappa shape index (κ1) is 39.5. The molecule has 2 unspecified atom stereocenters. The topological polar surface area (TPSA) is 126 Å². The Balaban J connectivity index is 0.000000451. The van der Waals surface area contributed by atoms with Gasteiger partial charge in [-0.3, -0.25) is 0 Å². The van der Waals surface area contributed by atoms with Crippen LogP contribution >= 0.6 is 24.0 Å². The van der Waals surface area contributed by atoms with Gasteiger partial charge >= 0.3 is 24.0 Å². The Hall–Kier alpha value is -4.51. The average molecular weight is 682 g/mol. The maximum Gasteiger partial charge on any atom is 0.678 e. The van der Waals surface area contributed by atoms with Crippen LogP contribution in [0.3, 0.4) is 0 Å². The fourth-order valence-electron chi connectivity index (χ4n) is 2.89. The van der Waals surface area contributed by atoms with Crippen molar-refractivity contribution in [1.29, 1.82) is 10.3 Å². The zero-order valence-electron chi connectivity index (χ0n) is 26.5. The Morgan fingerprint density at radius 2 is 1.04 bits per heavy atom. The second kappa shape index (κ2) is 23.8. The monoisotopic (exact) mass is 681 g/mol. The van der Waals surface area contributed by atoms with Gasteiger partial charge in [0, 0.05) is 0 Å². The van der Waals surface area contributed by atoms with E-state index in [1.165, 1.54) is 12.2 Å². The molecule has 4 rings (SSSR count). The van der Waals surface area contributed by atoms with Crippen molar-refractivity contribution in [2.45, 2.75) is 27.7 Å². The lowest BCUT2D eigenvalue weighted by atomic mass is 10.3. The summed E-state index contributed by atoms with van der Waals surface area (Å²) in [6.07, 6.45) is 4.56. The number of hydrogen-bond donors (Lipinski definition) is 3. The smallest absolute Gasteiger partial charge is 0.420 e. The highest BCUT2D eigenvalue weighted by Gasteiger charge is 2.31. The van der Waals surface area contributed by atoms with Gasteiger partial charge in [0.05, 0.1) is 4.52 Å². The number of para-hydroxylation sites is 4. The van der Waals surface area contributed by atoms with Gasteiger partial charge < -0.3 is 9.42 Å². The average Bonchev–Trinajstić information content (AvgIpc) is 3.08. The minimum absolute atomic E-state index is 0.335. The summed E-state index contributed by atoms with van der Waals surface area (Å²) in [4.78, 5) is 10.3. The highest BCUT2D eigenvalue weighted by molar-refractivity contribution is 7.59. The van der Waals surface area contributed by atoms with Gasteiger partial charge in [-0.15, -0.1) is 0 Å². The van der Waals surface area contributed by atoms with Crippen LogP contribution in [0.4, 0.5) is 0 Å². The van der Waals surface area contributed by atoms with E-state index in [0.717, 1.165) is 0 Å². The molecule has 0 aliphatic rings. The summed E-state index contributed by atoms with van der Waals surface area (Å²) in [5.74, 6) is 2.48. The Morgan fingerprint density at radius 3 is 1.41 bits per heavy atom. The molecule has 4 aromatic carbocycles. The van der Waals surface area contributed by atoms with Gasteiger partial charge in [0.1, 0.15) is 5.75 Å². The third-order valence-corrected chi connectivity index (χ3v) is 8.13. The molecule has 2 atom stereocenters. The van der Waals surface area contributed by atoms with Gasteiger partial charge in [-0.25, -0.2) is 23.3 Å². The molecular formula is C34H42N3O6P3+2. The molecule has 12 heteroatoms. The molecule has 9 nitrogen and oxygen atoms in total. The second-order valence-electron chi connectivity index (χ2n) is 7.85. The molecule has 0 aliphatic carbocycles. The Bertz CT molecular complexity index is 1500. The second-order valence-corrected chi connectivity index (χ2v) is 11.6. The van der Waals surface area contributed by atoms with Crippen molar-refractivity contribution in [2.24, 2.45) is 4.52 Å². The van der Waals surface area contributed by atoms with E-state index in [-0.39, 0.29) is 0 Å². The van der Waals surface area contributed by atoms with Crippen LogP contribution in [0.25, 0.3) is 0 Å². The van der Waals surface area contributed by atoms with Crippen LogP contribution in [0.15, 0.2) is 163 Å². The fraction of sp³-hybridized carbons (Fsp3) is 0.118.